The molecule has 2 atom stereocenters. The predicted octanol–water partition coefficient (Wildman–Crippen LogP) is 8.63. The maximum absolute atomic E-state index is 5.47. The molecule has 1 aliphatic heterocycles. The van der Waals surface area contributed by atoms with E-state index in [9.17, 15) is 0 Å². The van der Waals surface area contributed by atoms with Crippen LogP contribution >= 0.6 is 11.3 Å². The molecule has 0 radical (unpaired) electrons. The van der Waals surface area contributed by atoms with E-state index in [1.807, 2.05) is 17.5 Å². The third kappa shape index (κ3) is 5.81. The number of rotatable bonds is 9. The molecule has 190 valence electrons. The zero-order valence-electron chi connectivity index (χ0n) is 22.7. The summed E-state index contributed by atoms with van der Waals surface area (Å²) in [7, 11) is 0. The molecule has 0 saturated carbocycles. The summed E-state index contributed by atoms with van der Waals surface area (Å²) in [5, 5.41) is 1.32. The van der Waals surface area contributed by atoms with Crippen LogP contribution in [0.4, 0.5) is 5.00 Å². The van der Waals surface area contributed by atoms with E-state index in [-0.39, 0.29) is 5.92 Å². The monoisotopic (exact) mass is 499 g/mol. The fourth-order valence-corrected chi connectivity index (χ4v) is 6.26. The van der Waals surface area contributed by atoms with E-state index in [2.05, 4.69) is 83.0 Å². The average Bonchev–Trinajstić information content (AvgIpc) is 3.05. The van der Waals surface area contributed by atoms with Crippen LogP contribution in [0.25, 0.3) is 5.57 Å². The number of hydrogen-bond donors (Lipinski definition) is 0. The summed E-state index contributed by atoms with van der Waals surface area (Å²) in [6.45, 7) is 20.2. The number of unbranched alkanes of at least 4 members (excludes halogenated alkanes) is 1. The van der Waals surface area contributed by atoms with Gasteiger partial charge in [0.2, 0.25) is 0 Å². The van der Waals surface area contributed by atoms with Gasteiger partial charge in [0.25, 0.3) is 0 Å². The van der Waals surface area contributed by atoms with E-state index in [0.717, 1.165) is 43.6 Å². The Balaban J connectivity index is 1.61. The van der Waals surface area contributed by atoms with Gasteiger partial charge in [-0.15, -0.1) is 17.9 Å². The van der Waals surface area contributed by atoms with Crippen LogP contribution in [-0.4, -0.2) is 23.3 Å². The maximum atomic E-state index is 5.47. The fraction of sp³-hybridized carbons (Fsp3) is 0.438. The molecule has 2 aromatic rings. The van der Waals surface area contributed by atoms with Gasteiger partial charge in [0, 0.05) is 34.8 Å². The molecule has 4 heteroatoms. The number of pyridine rings is 1. The fourth-order valence-electron chi connectivity index (χ4n) is 5.02. The van der Waals surface area contributed by atoms with Crippen molar-refractivity contribution < 1.29 is 0 Å². The van der Waals surface area contributed by atoms with Crippen LogP contribution in [0.15, 0.2) is 66.0 Å². The smallest absolute Gasteiger partial charge is 0.105 e. The zero-order chi connectivity index (χ0) is 25.8. The van der Waals surface area contributed by atoms with Gasteiger partial charge in [-0.05, 0) is 76.1 Å². The lowest BCUT2D eigenvalue weighted by molar-refractivity contribution is 0.577. The SMILES string of the molecule is C=C(C)CCc1ccc(C2=CCC(C3=NC(CCCC)CN(C(=C)C)c4sc(C)c(C)c43)C=C2)nc1. The molecule has 3 heterocycles. The first-order valence-electron chi connectivity index (χ1n) is 13.4. The maximum Gasteiger partial charge on any atom is 0.105 e. The highest BCUT2D eigenvalue weighted by molar-refractivity contribution is 7.16. The summed E-state index contributed by atoms with van der Waals surface area (Å²) < 4.78 is 0. The molecule has 0 fully saturated rings. The van der Waals surface area contributed by atoms with Gasteiger partial charge >= 0.3 is 0 Å². The van der Waals surface area contributed by atoms with Gasteiger partial charge in [-0.3, -0.25) is 9.98 Å². The van der Waals surface area contributed by atoms with Crippen molar-refractivity contribution in [1.29, 1.82) is 0 Å². The van der Waals surface area contributed by atoms with E-state index in [4.69, 9.17) is 9.98 Å². The summed E-state index contributed by atoms with van der Waals surface area (Å²) in [5.74, 6) is 0.282. The van der Waals surface area contributed by atoms with E-state index >= 15 is 0 Å². The van der Waals surface area contributed by atoms with Crippen LogP contribution in [0.5, 0.6) is 0 Å². The van der Waals surface area contributed by atoms with Crippen molar-refractivity contribution in [2.75, 3.05) is 11.4 Å². The van der Waals surface area contributed by atoms with Gasteiger partial charge in [-0.2, -0.15) is 0 Å². The van der Waals surface area contributed by atoms with Gasteiger partial charge < -0.3 is 4.90 Å². The van der Waals surface area contributed by atoms with Gasteiger partial charge in [-0.1, -0.05) is 56.2 Å². The number of aromatic nitrogens is 1. The number of allylic oxidation sites excluding steroid dienone is 6. The van der Waals surface area contributed by atoms with E-state index in [1.54, 1.807) is 0 Å². The minimum atomic E-state index is 0.282. The van der Waals surface area contributed by atoms with Gasteiger partial charge in [-0.25, -0.2) is 0 Å². The number of fused-ring (bicyclic) bond motifs is 1. The topological polar surface area (TPSA) is 28.5 Å². The molecular formula is C32H41N3S. The van der Waals surface area contributed by atoms with Crippen LogP contribution in [-0.2, 0) is 6.42 Å². The molecule has 0 N–H and O–H groups in total. The van der Waals surface area contributed by atoms with Crippen LogP contribution in [0.3, 0.4) is 0 Å². The second-order valence-electron chi connectivity index (χ2n) is 10.5. The summed E-state index contributed by atoms with van der Waals surface area (Å²) in [5.41, 5.74) is 9.80. The molecule has 4 rings (SSSR count). The Labute approximate surface area is 222 Å². The minimum Gasteiger partial charge on any atom is -0.335 e. The molecule has 36 heavy (non-hydrogen) atoms. The molecule has 2 aromatic heterocycles. The summed E-state index contributed by atoms with van der Waals surface area (Å²) >= 11 is 1.89. The summed E-state index contributed by atoms with van der Waals surface area (Å²) in [6.07, 6.45) is 15.5. The molecule has 3 nitrogen and oxygen atoms in total. The van der Waals surface area contributed by atoms with Crippen molar-refractivity contribution in [3.63, 3.8) is 0 Å². The number of aliphatic imine (C=N–C) groups is 1. The summed E-state index contributed by atoms with van der Waals surface area (Å²) in [6, 6.07) is 4.65. The van der Waals surface area contributed by atoms with Gasteiger partial charge in [0.05, 0.1) is 17.4 Å². The molecular weight excluding hydrogens is 458 g/mol. The molecule has 1 aliphatic carbocycles. The zero-order valence-corrected chi connectivity index (χ0v) is 23.5. The van der Waals surface area contributed by atoms with E-state index < -0.39 is 0 Å². The first-order chi connectivity index (χ1) is 17.3. The van der Waals surface area contributed by atoms with Gasteiger partial charge in [0.15, 0.2) is 0 Å². The molecule has 0 bridgehead atoms. The molecule has 0 spiro atoms. The Kier molecular flexibility index (Phi) is 8.46. The first kappa shape index (κ1) is 26.3. The van der Waals surface area contributed by atoms with Crippen LogP contribution < -0.4 is 4.90 Å². The van der Waals surface area contributed by atoms with Crippen molar-refractivity contribution in [1.82, 2.24) is 4.98 Å². The van der Waals surface area contributed by atoms with E-state index in [1.165, 1.54) is 56.3 Å². The Hall–Kier alpha value is -2.72. The third-order valence-electron chi connectivity index (χ3n) is 7.35. The summed E-state index contributed by atoms with van der Waals surface area (Å²) in [4.78, 5) is 14.0. The average molecular weight is 500 g/mol. The highest BCUT2D eigenvalue weighted by Gasteiger charge is 2.31. The molecule has 0 aromatic carbocycles. The third-order valence-corrected chi connectivity index (χ3v) is 8.58. The van der Waals surface area contributed by atoms with Crippen molar-refractivity contribution in [2.45, 2.75) is 79.2 Å². The quantitative estimate of drug-likeness (QED) is 0.323. The second-order valence-corrected chi connectivity index (χ2v) is 11.7. The van der Waals surface area contributed by atoms with Crippen molar-refractivity contribution in [3.05, 3.63) is 88.2 Å². The normalized spacial score (nSPS) is 19.4. The Morgan fingerprint density at radius 1 is 1.19 bits per heavy atom. The number of thiophene rings is 1. The Bertz CT molecular complexity index is 1210. The standard InChI is InChI=1S/C32H41N3S/c1-8-9-10-28-20-35(22(4)5)32-30(23(6)24(7)36-32)31(34-28)27-16-14-26(15-17-27)29-18-13-25(19-33-29)12-11-21(2)3/h13-16,18-19,27-28H,2,4,8-12,17,20H2,1,3,5-7H3. The molecule has 0 saturated heterocycles. The highest BCUT2D eigenvalue weighted by Crippen LogP contribution is 2.42. The predicted molar refractivity (Wildman–Crippen MR) is 158 cm³/mol. The van der Waals surface area contributed by atoms with Crippen molar-refractivity contribution in [3.8, 4) is 0 Å². The first-order valence-corrected chi connectivity index (χ1v) is 14.2. The number of hydrogen-bond acceptors (Lipinski definition) is 4. The van der Waals surface area contributed by atoms with Crippen molar-refractivity contribution >= 4 is 27.6 Å². The second kappa shape index (κ2) is 11.6. The van der Waals surface area contributed by atoms with Crippen LogP contribution in [0.1, 0.15) is 80.1 Å². The Morgan fingerprint density at radius 3 is 2.61 bits per heavy atom. The number of aryl methyl sites for hydroxylation is 2. The molecule has 0 amide bonds. The largest absolute Gasteiger partial charge is 0.335 e. The number of anilines is 1. The lowest BCUT2D eigenvalue weighted by Gasteiger charge is -2.25. The van der Waals surface area contributed by atoms with Crippen molar-refractivity contribution in [2.24, 2.45) is 10.9 Å². The lowest BCUT2D eigenvalue weighted by Crippen LogP contribution is -2.28. The molecule has 2 aliphatic rings. The number of nitrogens with zero attached hydrogens (tertiary/aromatic N) is 3. The van der Waals surface area contributed by atoms with E-state index in [0.29, 0.717) is 6.04 Å². The van der Waals surface area contributed by atoms with Gasteiger partial charge in [0.1, 0.15) is 5.00 Å². The van der Waals surface area contributed by atoms with Crippen LogP contribution in [0, 0.1) is 19.8 Å². The molecule has 2 unspecified atom stereocenters. The van der Waals surface area contributed by atoms with Crippen LogP contribution in [0.2, 0.25) is 0 Å². The Morgan fingerprint density at radius 2 is 2.00 bits per heavy atom. The highest BCUT2D eigenvalue weighted by atomic mass is 32.1. The minimum absolute atomic E-state index is 0.282. The lowest BCUT2D eigenvalue weighted by atomic mass is 9.87.